The van der Waals surface area contributed by atoms with Crippen LogP contribution in [-0.2, 0) is 0 Å². The summed E-state index contributed by atoms with van der Waals surface area (Å²) >= 11 is 5.67. The Kier molecular flexibility index (Phi) is 3.43. The first-order chi connectivity index (χ1) is 8.49. The van der Waals surface area contributed by atoms with E-state index >= 15 is 0 Å². The lowest BCUT2D eigenvalue weighted by Crippen LogP contribution is -2.26. The Balaban J connectivity index is 2.31. The van der Waals surface area contributed by atoms with E-state index in [-0.39, 0.29) is 16.9 Å². The Bertz CT molecular complexity index is 589. The molecule has 0 aliphatic rings. The molecular weight excluding hydrogens is 250 g/mol. The molecule has 0 saturated carbocycles. The lowest BCUT2D eigenvalue weighted by Gasteiger charge is -2.18. The number of benzene rings is 1. The van der Waals surface area contributed by atoms with Crippen molar-refractivity contribution in [3.8, 4) is 0 Å². The molecule has 4 heteroatoms. The van der Waals surface area contributed by atoms with Gasteiger partial charge in [0.05, 0.1) is 0 Å². The number of carbonyl (C=O) groups is 1. The van der Waals surface area contributed by atoms with E-state index in [1.165, 1.54) is 0 Å². The van der Waals surface area contributed by atoms with E-state index in [0.717, 1.165) is 16.8 Å². The average molecular weight is 264 g/mol. The van der Waals surface area contributed by atoms with Crippen molar-refractivity contribution in [1.29, 1.82) is 0 Å². The summed E-state index contributed by atoms with van der Waals surface area (Å²) in [5.41, 5.74) is 3.07. The third-order valence-corrected chi connectivity index (χ3v) is 3.01. The van der Waals surface area contributed by atoms with Crippen LogP contribution in [0.15, 0.2) is 34.7 Å². The molecule has 18 heavy (non-hydrogen) atoms. The molecule has 1 amide bonds. The van der Waals surface area contributed by atoms with Crippen molar-refractivity contribution in [1.82, 2.24) is 0 Å². The normalized spacial score (nSPS) is 10.4. The summed E-state index contributed by atoms with van der Waals surface area (Å²) in [5, 5.41) is 0.215. The van der Waals surface area contributed by atoms with Crippen LogP contribution in [-0.4, -0.2) is 13.0 Å². The van der Waals surface area contributed by atoms with Gasteiger partial charge < -0.3 is 9.32 Å². The fourth-order valence-electron chi connectivity index (χ4n) is 1.89. The van der Waals surface area contributed by atoms with Crippen LogP contribution in [0.25, 0.3) is 0 Å². The molecule has 0 atom stereocenters. The van der Waals surface area contributed by atoms with E-state index in [0.29, 0.717) is 0 Å². The Labute approximate surface area is 111 Å². The van der Waals surface area contributed by atoms with Gasteiger partial charge in [-0.2, -0.15) is 0 Å². The highest BCUT2D eigenvalue weighted by molar-refractivity contribution is 6.29. The molecule has 2 aromatic rings. The zero-order valence-corrected chi connectivity index (χ0v) is 11.3. The summed E-state index contributed by atoms with van der Waals surface area (Å²) in [5.74, 6) is 0.0244. The second-order valence-electron chi connectivity index (χ2n) is 4.26. The third kappa shape index (κ3) is 2.41. The van der Waals surface area contributed by atoms with E-state index in [1.54, 1.807) is 24.1 Å². The van der Waals surface area contributed by atoms with Crippen LogP contribution in [0.3, 0.4) is 0 Å². The van der Waals surface area contributed by atoms with Crippen LogP contribution < -0.4 is 4.90 Å². The van der Waals surface area contributed by atoms with Crippen molar-refractivity contribution < 1.29 is 9.21 Å². The molecule has 3 nitrogen and oxygen atoms in total. The summed E-state index contributed by atoms with van der Waals surface area (Å²) in [4.78, 5) is 13.7. The number of nitrogens with zero attached hydrogens (tertiary/aromatic N) is 1. The molecule has 0 fully saturated rings. The molecular formula is C14H14ClNO2. The van der Waals surface area contributed by atoms with Gasteiger partial charge in [-0.25, -0.2) is 0 Å². The summed E-state index contributed by atoms with van der Waals surface area (Å²) in [7, 11) is 1.72. The topological polar surface area (TPSA) is 33.5 Å². The molecule has 0 N–H and O–H groups in total. The van der Waals surface area contributed by atoms with Crippen LogP contribution in [0, 0.1) is 13.8 Å². The molecule has 0 unspecified atom stereocenters. The summed E-state index contributed by atoms with van der Waals surface area (Å²) < 4.78 is 5.13. The monoisotopic (exact) mass is 263 g/mol. The zero-order chi connectivity index (χ0) is 13.3. The van der Waals surface area contributed by atoms with Crippen LogP contribution in [0.2, 0.25) is 5.22 Å². The molecule has 94 valence electrons. The lowest BCUT2D eigenvalue weighted by molar-refractivity contribution is 0.0966. The van der Waals surface area contributed by atoms with Crippen molar-refractivity contribution >= 4 is 23.2 Å². The minimum absolute atomic E-state index is 0.214. The quantitative estimate of drug-likeness (QED) is 0.825. The van der Waals surface area contributed by atoms with Gasteiger partial charge >= 0.3 is 0 Å². The van der Waals surface area contributed by atoms with E-state index < -0.39 is 0 Å². The smallest absolute Gasteiger partial charge is 0.293 e. The van der Waals surface area contributed by atoms with Crippen LogP contribution in [0.5, 0.6) is 0 Å². The number of carbonyl (C=O) groups excluding carboxylic acids is 1. The fourth-order valence-corrected chi connectivity index (χ4v) is 2.03. The number of amides is 1. The highest BCUT2D eigenvalue weighted by Gasteiger charge is 2.18. The van der Waals surface area contributed by atoms with Crippen molar-refractivity contribution in [3.63, 3.8) is 0 Å². The maximum atomic E-state index is 12.2. The SMILES string of the molecule is Cc1ccc(N(C)C(=O)c2ccc(Cl)o2)c(C)c1. The molecule has 0 aliphatic carbocycles. The van der Waals surface area contributed by atoms with Crippen molar-refractivity contribution in [3.05, 3.63) is 52.4 Å². The standard InChI is InChI=1S/C14H14ClNO2/c1-9-4-5-11(10(2)8-9)16(3)14(17)12-6-7-13(15)18-12/h4-8H,1-3H3. The van der Waals surface area contributed by atoms with Gasteiger partial charge in [-0.1, -0.05) is 17.7 Å². The molecule has 1 aromatic carbocycles. The minimum atomic E-state index is -0.214. The van der Waals surface area contributed by atoms with Gasteiger partial charge in [0.25, 0.3) is 5.91 Å². The fraction of sp³-hybridized carbons (Fsp3) is 0.214. The lowest BCUT2D eigenvalue weighted by atomic mass is 10.1. The number of hydrogen-bond acceptors (Lipinski definition) is 2. The number of anilines is 1. The van der Waals surface area contributed by atoms with Crippen molar-refractivity contribution in [2.45, 2.75) is 13.8 Å². The first-order valence-electron chi connectivity index (χ1n) is 5.59. The number of halogens is 1. The molecule has 0 aliphatic heterocycles. The first kappa shape index (κ1) is 12.7. The van der Waals surface area contributed by atoms with E-state index in [9.17, 15) is 4.79 Å². The summed E-state index contributed by atoms with van der Waals surface area (Å²) in [6.07, 6.45) is 0. The van der Waals surface area contributed by atoms with Gasteiger partial charge in [0.15, 0.2) is 11.0 Å². The van der Waals surface area contributed by atoms with E-state index in [1.807, 2.05) is 32.0 Å². The Hall–Kier alpha value is -1.74. The number of furan rings is 1. The molecule has 0 spiro atoms. The summed E-state index contributed by atoms with van der Waals surface area (Å²) in [6, 6.07) is 9.07. The molecule has 0 bridgehead atoms. The Morgan fingerprint density at radius 3 is 2.50 bits per heavy atom. The number of aryl methyl sites for hydroxylation is 2. The third-order valence-electron chi connectivity index (χ3n) is 2.80. The van der Waals surface area contributed by atoms with Gasteiger partial charge in [-0.3, -0.25) is 4.79 Å². The zero-order valence-electron chi connectivity index (χ0n) is 10.5. The molecule has 1 aromatic heterocycles. The second kappa shape index (κ2) is 4.86. The first-order valence-corrected chi connectivity index (χ1v) is 5.97. The Morgan fingerprint density at radius 2 is 1.94 bits per heavy atom. The van der Waals surface area contributed by atoms with Gasteiger partial charge in [-0.05, 0) is 49.2 Å². The maximum Gasteiger partial charge on any atom is 0.293 e. The molecule has 0 radical (unpaired) electrons. The van der Waals surface area contributed by atoms with Gasteiger partial charge in [0.2, 0.25) is 0 Å². The van der Waals surface area contributed by atoms with Gasteiger partial charge in [-0.15, -0.1) is 0 Å². The maximum absolute atomic E-state index is 12.2. The predicted octanol–water partition coefficient (Wildman–Crippen LogP) is 3.83. The Morgan fingerprint density at radius 1 is 1.22 bits per heavy atom. The highest BCUT2D eigenvalue weighted by Crippen LogP contribution is 2.23. The van der Waals surface area contributed by atoms with Crippen LogP contribution in [0.4, 0.5) is 5.69 Å². The summed E-state index contributed by atoms with van der Waals surface area (Å²) in [6.45, 7) is 3.99. The molecule has 2 rings (SSSR count). The largest absolute Gasteiger partial charge is 0.440 e. The van der Waals surface area contributed by atoms with Crippen molar-refractivity contribution in [2.75, 3.05) is 11.9 Å². The average Bonchev–Trinajstić information content (AvgIpc) is 2.74. The van der Waals surface area contributed by atoms with E-state index in [2.05, 4.69) is 0 Å². The van der Waals surface area contributed by atoms with Crippen LogP contribution >= 0.6 is 11.6 Å². The van der Waals surface area contributed by atoms with Gasteiger partial charge in [0.1, 0.15) is 0 Å². The highest BCUT2D eigenvalue weighted by atomic mass is 35.5. The second-order valence-corrected chi connectivity index (χ2v) is 4.63. The van der Waals surface area contributed by atoms with Crippen LogP contribution in [0.1, 0.15) is 21.7 Å². The van der Waals surface area contributed by atoms with Gasteiger partial charge in [0, 0.05) is 12.7 Å². The predicted molar refractivity (Wildman–Crippen MR) is 72.4 cm³/mol. The number of rotatable bonds is 2. The number of hydrogen-bond donors (Lipinski definition) is 0. The van der Waals surface area contributed by atoms with E-state index in [4.69, 9.17) is 16.0 Å². The molecule has 0 saturated heterocycles. The minimum Gasteiger partial charge on any atom is -0.440 e. The van der Waals surface area contributed by atoms with Crippen molar-refractivity contribution in [2.24, 2.45) is 0 Å². The molecule has 1 heterocycles.